The fraction of sp³-hybridized carbons (Fsp3) is 0.194. The lowest BCUT2D eigenvalue weighted by Crippen LogP contribution is -2.59. The molecule has 77 heavy (non-hydrogen) atoms. The average Bonchev–Trinajstić information content (AvgIpc) is 4.17. The minimum absolute atomic E-state index is 0.0459. The van der Waals surface area contributed by atoms with Gasteiger partial charge in [-0.25, -0.2) is 9.97 Å². The number of rotatable bonds is 3. The minimum Gasteiger partial charge on any atom is -0.310 e. The number of benzene rings is 9. The van der Waals surface area contributed by atoms with Crippen molar-refractivity contribution in [3.8, 4) is 67.5 Å². The second-order valence-electron chi connectivity index (χ2n) is 25.8. The zero-order valence-electron chi connectivity index (χ0n) is 45.6. The molecule has 0 radical (unpaired) electrons. The Hall–Kier alpha value is -8.28. The summed E-state index contributed by atoms with van der Waals surface area (Å²) in [5.41, 5.74) is 29.6. The molecule has 2 aliphatic heterocycles. The fourth-order valence-electron chi connectivity index (χ4n) is 14.5. The molecular weight excluding hydrogens is 932 g/mol. The largest absolute Gasteiger partial charge is 0.310 e. The first-order valence-electron chi connectivity index (χ1n) is 27.7. The van der Waals surface area contributed by atoms with Crippen molar-refractivity contribution in [1.29, 1.82) is 0 Å². The maximum absolute atomic E-state index is 5.57. The Bertz CT molecular complexity index is 4340. The average molecular weight is 991 g/mol. The van der Waals surface area contributed by atoms with E-state index in [1.807, 2.05) is 0 Å². The van der Waals surface area contributed by atoms with Crippen LogP contribution >= 0.6 is 0 Å². The van der Waals surface area contributed by atoms with E-state index in [9.17, 15) is 0 Å². The highest BCUT2D eigenvalue weighted by Gasteiger charge is 2.45. The number of fused-ring (bicyclic) bond motifs is 16. The highest BCUT2D eigenvalue weighted by Crippen LogP contribution is 2.54. The standard InChI is InChI=1S/C72H59BN4/c1-69(2,3)43-31-51-49-35-55-47(45-25-17-19-27-53(45)71(55,7)8)37-61(49)76-63-29-42(60-39-59(40-21-13-11-14-22-40)74-68(75-60)41-23-15-12-16-24-41)30-64-65(63)73(57(33-43)66(51)76)58-34-44(70(4,5)6)32-52-50-36-56-48(38-62(50)77(64)67(52)58)46-26-18-20-28-54(46)72(56,9)10/h11-39H,1-10H3. The van der Waals surface area contributed by atoms with Crippen molar-refractivity contribution in [2.24, 2.45) is 0 Å². The Morgan fingerprint density at radius 3 is 1.29 bits per heavy atom. The van der Waals surface area contributed by atoms with Crippen LogP contribution < -0.4 is 16.4 Å². The molecule has 0 atom stereocenters. The monoisotopic (exact) mass is 990 g/mol. The van der Waals surface area contributed by atoms with Crippen molar-refractivity contribution in [2.75, 3.05) is 0 Å². The van der Waals surface area contributed by atoms with Gasteiger partial charge in [0.15, 0.2) is 5.82 Å². The molecule has 2 aliphatic carbocycles. The normalized spacial score (nSPS) is 15.1. The highest BCUT2D eigenvalue weighted by molar-refractivity contribution is 7.00. The molecule has 5 heterocycles. The van der Waals surface area contributed by atoms with Gasteiger partial charge in [0.1, 0.15) is 0 Å². The van der Waals surface area contributed by atoms with Crippen LogP contribution in [0.2, 0.25) is 0 Å². The molecular formula is C72H59BN4. The molecule has 12 aromatic rings. The molecule has 4 aliphatic rings. The van der Waals surface area contributed by atoms with Gasteiger partial charge in [-0.1, -0.05) is 191 Å². The van der Waals surface area contributed by atoms with Crippen molar-refractivity contribution >= 4 is 66.7 Å². The van der Waals surface area contributed by atoms with Gasteiger partial charge in [-0.05, 0) is 137 Å². The van der Waals surface area contributed by atoms with Crippen molar-refractivity contribution in [3.05, 3.63) is 209 Å². The molecule has 9 aromatic carbocycles. The summed E-state index contributed by atoms with van der Waals surface area (Å²) >= 11 is 0. The molecule has 0 bridgehead atoms. The molecule has 4 nitrogen and oxygen atoms in total. The molecule has 0 unspecified atom stereocenters. The number of nitrogens with zero attached hydrogens (tertiary/aromatic N) is 4. The van der Waals surface area contributed by atoms with Crippen LogP contribution in [0.5, 0.6) is 0 Å². The number of hydrogen-bond acceptors (Lipinski definition) is 2. The predicted molar refractivity (Wildman–Crippen MR) is 324 cm³/mol. The first-order chi connectivity index (χ1) is 36.9. The van der Waals surface area contributed by atoms with Gasteiger partial charge in [-0.3, -0.25) is 0 Å². The number of aromatic nitrogens is 4. The maximum atomic E-state index is 5.57. The zero-order chi connectivity index (χ0) is 52.4. The third kappa shape index (κ3) is 5.95. The molecule has 0 fully saturated rings. The second-order valence-corrected chi connectivity index (χ2v) is 25.8. The Kier molecular flexibility index (Phi) is 8.64. The second kappa shape index (κ2) is 14.8. The Morgan fingerprint density at radius 2 is 0.818 bits per heavy atom. The van der Waals surface area contributed by atoms with Crippen LogP contribution in [0, 0.1) is 0 Å². The Morgan fingerprint density at radius 1 is 0.390 bits per heavy atom. The lowest BCUT2D eigenvalue weighted by Gasteiger charge is -2.36. The van der Waals surface area contributed by atoms with Crippen molar-refractivity contribution < 1.29 is 0 Å². The molecule has 0 saturated carbocycles. The van der Waals surface area contributed by atoms with Crippen molar-refractivity contribution in [3.63, 3.8) is 0 Å². The van der Waals surface area contributed by atoms with E-state index in [-0.39, 0.29) is 28.4 Å². The van der Waals surface area contributed by atoms with E-state index in [2.05, 4.69) is 254 Å². The van der Waals surface area contributed by atoms with Gasteiger partial charge in [-0.15, -0.1) is 0 Å². The van der Waals surface area contributed by atoms with Crippen LogP contribution in [0.15, 0.2) is 176 Å². The van der Waals surface area contributed by atoms with Crippen LogP contribution in [0.3, 0.4) is 0 Å². The molecule has 370 valence electrons. The van der Waals surface area contributed by atoms with Gasteiger partial charge >= 0.3 is 0 Å². The van der Waals surface area contributed by atoms with Gasteiger partial charge in [0.25, 0.3) is 6.71 Å². The van der Waals surface area contributed by atoms with Gasteiger partial charge in [0.2, 0.25) is 0 Å². The summed E-state index contributed by atoms with van der Waals surface area (Å²) in [7, 11) is 0. The van der Waals surface area contributed by atoms with Gasteiger partial charge in [0, 0.05) is 71.5 Å². The van der Waals surface area contributed by atoms with Crippen molar-refractivity contribution in [2.45, 2.75) is 90.9 Å². The lowest BCUT2D eigenvalue weighted by atomic mass is 9.34. The summed E-state index contributed by atoms with van der Waals surface area (Å²) in [6.07, 6.45) is 0. The molecule has 3 aromatic heterocycles. The first kappa shape index (κ1) is 45.0. The van der Waals surface area contributed by atoms with E-state index in [1.165, 1.54) is 127 Å². The number of hydrogen-bond donors (Lipinski definition) is 0. The van der Waals surface area contributed by atoms with E-state index in [1.54, 1.807) is 0 Å². The smallest absolute Gasteiger partial charge is 0.252 e. The first-order valence-corrected chi connectivity index (χ1v) is 27.7. The van der Waals surface area contributed by atoms with Crippen LogP contribution in [0.1, 0.15) is 103 Å². The quantitative estimate of drug-likeness (QED) is 0.165. The van der Waals surface area contributed by atoms with E-state index >= 15 is 0 Å². The van der Waals surface area contributed by atoms with E-state index in [0.717, 1.165) is 28.1 Å². The van der Waals surface area contributed by atoms with Gasteiger partial charge in [-0.2, -0.15) is 0 Å². The molecule has 0 saturated heterocycles. The minimum atomic E-state index is -0.150. The molecule has 0 spiro atoms. The molecule has 0 amide bonds. The van der Waals surface area contributed by atoms with Crippen LogP contribution in [0.4, 0.5) is 0 Å². The SMILES string of the molecule is CC(C)(C)c1cc2c3c(c1)c1cc4c(cc1n3-c1cc(-c3cc(-c5ccccc5)nc(-c5ccccc5)n3)cc3c1B2c1cc(C(C)(C)C)cc2c5cc6c(cc5n-3c12)-c1ccccc1C6(C)C)-c1ccccc1C4(C)C. The lowest BCUT2D eigenvalue weighted by molar-refractivity contribution is 0.591. The summed E-state index contributed by atoms with van der Waals surface area (Å²) in [5.74, 6) is 0.711. The summed E-state index contributed by atoms with van der Waals surface area (Å²) in [6, 6.07) is 67.0. The van der Waals surface area contributed by atoms with Crippen LogP contribution in [-0.4, -0.2) is 25.8 Å². The van der Waals surface area contributed by atoms with E-state index in [0.29, 0.717) is 5.82 Å². The summed E-state index contributed by atoms with van der Waals surface area (Å²) in [5, 5.41) is 5.25. The van der Waals surface area contributed by atoms with Crippen LogP contribution in [-0.2, 0) is 21.7 Å². The van der Waals surface area contributed by atoms with Gasteiger partial charge in [0.05, 0.1) is 22.4 Å². The predicted octanol–water partition coefficient (Wildman–Crippen LogP) is 16.0. The van der Waals surface area contributed by atoms with E-state index in [4.69, 9.17) is 9.97 Å². The third-order valence-electron chi connectivity index (χ3n) is 18.6. The maximum Gasteiger partial charge on any atom is 0.252 e. The summed E-state index contributed by atoms with van der Waals surface area (Å²) < 4.78 is 5.35. The topological polar surface area (TPSA) is 35.6 Å². The highest BCUT2D eigenvalue weighted by atomic mass is 15.0. The molecule has 16 rings (SSSR count). The summed E-state index contributed by atoms with van der Waals surface area (Å²) in [4.78, 5) is 10.9. The Balaban J connectivity index is 1.10. The van der Waals surface area contributed by atoms with Gasteiger partial charge < -0.3 is 9.13 Å². The fourth-order valence-corrected chi connectivity index (χ4v) is 14.5. The molecule has 5 heteroatoms. The zero-order valence-corrected chi connectivity index (χ0v) is 45.6. The molecule has 0 N–H and O–H groups in total. The van der Waals surface area contributed by atoms with E-state index < -0.39 is 0 Å². The third-order valence-corrected chi connectivity index (χ3v) is 18.6. The Labute approximate surface area is 451 Å². The van der Waals surface area contributed by atoms with Crippen molar-refractivity contribution in [1.82, 2.24) is 19.1 Å². The summed E-state index contributed by atoms with van der Waals surface area (Å²) in [6.45, 7) is 23.9. The van der Waals surface area contributed by atoms with Crippen LogP contribution in [0.25, 0.3) is 111 Å².